The molecule has 0 aliphatic heterocycles. The Morgan fingerprint density at radius 2 is 1.88 bits per heavy atom. The van der Waals surface area contributed by atoms with E-state index in [1.165, 1.54) is 0 Å². The summed E-state index contributed by atoms with van der Waals surface area (Å²) in [4.78, 5) is 0. The van der Waals surface area contributed by atoms with Gasteiger partial charge in [0, 0.05) is 13.7 Å². The Labute approximate surface area is 96.3 Å². The van der Waals surface area contributed by atoms with Crippen LogP contribution in [0.5, 0.6) is 5.75 Å². The van der Waals surface area contributed by atoms with Crippen molar-refractivity contribution in [3.8, 4) is 5.75 Å². The Kier molecular flexibility index (Phi) is 5.85. The fourth-order valence-corrected chi connectivity index (χ4v) is 1.31. The second-order valence-corrected chi connectivity index (χ2v) is 3.47. The Balaban J connectivity index is 2.40. The second-order valence-electron chi connectivity index (χ2n) is 3.47. The van der Waals surface area contributed by atoms with Gasteiger partial charge in [-0.3, -0.25) is 0 Å². The summed E-state index contributed by atoms with van der Waals surface area (Å²) in [6.45, 7) is 1.52. The van der Waals surface area contributed by atoms with Crippen LogP contribution in [0.4, 0.5) is 0 Å². The van der Waals surface area contributed by atoms with Gasteiger partial charge in [0.15, 0.2) is 0 Å². The summed E-state index contributed by atoms with van der Waals surface area (Å²) in [6, 6.07) is 7.76. The van der Waals surface area contributed by atoms with Crippen molar-refractivity contribution in [2.24, 2.45) is 5.73 Å². The van der Waals surface area contributed by atoms with E-state index in [-0.39, 0.29) is 6.10 Å². The maximum atomic E-state index is 5.60. The molecular formula is C12H19NO3. The molecule has 0 aliphatic rings. The zero-order valence-corrected chi connectivity index (χ0v) is 9.81. The molecule has 4 heteroatoms. The average Bonchev–Trinajstić information content (AvgIpc) is 2.35. The molecule has 16 heavy (non-hydrogen) atoms. The number of hydrogen-bond acceptors (Lipinski definition) is 4. The van der Waals surface area contributed by atoms with E-state index in [2.05, 4.69) is 0 Å². The fourth-order valence-electron chi connectivity index (χ4n) is 1.31. The van der Waals surface area contributed by atoms with Crippen LogP contribution in [0.15, 0.2) is 24.3 Å². The first kappa shape index (κ1) is 13.0. The van der Waals surface area contributed by atoms with Crippen LogP contribution in [0.2, 0.25) is 0 Å². The van der Waals surface area contributed by atoms with E-state index in [0.29, 0.717) is 19.8 Å². The minimum Gasteiger partial charge on any atom is -0.497 e. The first-order valence-electron chi connectivity index (χ1n) is 5.23. The first-order chi connectivity index (χ1) is 7.80. The number of methoxy groups -OCH3 is 2. The van der Waals surface area contributed by atoms with Crippen LogP contribution in [-0.4, -0.2) is 33.5 Å². The highest BCUT2D eigenvalue weighted by molar-refractivity contribution is 5.26. The Hall–Kier alpha value is -1.10. The molecule has 0 spiro atoms. The number of ether oxygens (including phenoxy) is 3. The van der Waals surface area contributed by atoms with E-state index in [4.69, 9.17) is 19.9 Å². The molecule has 0 saturated heterocycles. The predicted octanol–water partition coefficient (Wildman–Crippen LogP) is 1.19. The minimum atomic E-state index is -0.0490. The molecule has 0 aliphatic carbocycles. The first-order valence-corrected chi connectivity index (χ1v) is 5.23. The zero-order chi connectivity index (χ0) is 11.8. The monoisotopic (exact) mass is 225 g/mol. The summed E-state index contributed by atoms with van der Waals surface area (Å²) in [5.74, 6) is 0.844. The average molecular weight is 225 g/mol. The molecule has 0 bridgehead atoms. The molecule has 0 heterocycles. The maximum absolute atomic E-state index is 5.60. The minimum absolute atomic E-state index is 0.0490. The molecule has 1 atom stereocenters. The lowest BCUT2D eigenvalue weighted by atomic mass is 10.2. The van der Waals surface area contributed by atoms with Crippen LogP contribution < -0.4 is 10.5 Å². The van der Waals surface area contributed by atoms with Crippen molar-refractivity contribution in [3.63, 3.8) is 0 Å². The number of hydrogen-bond donors (Lipinski definition) is 1. The van der Waals surface area contributed by atoms with E-state index in [1.807, 2.05) is 24.3 Å². The van der Waals surface area contributed by atoms with E-state index in [9.17, 15) is 0 Å². The molecule has 1 rings (SSSR count). The van der Waals surface area contributed by atoms with Crippen molar-refractivity contribution >= 4 is 0 Å². The SMILES string of the molecule is COCC(CN)OCc1ccc(OC)cc1. The lowest BCUT2D eigenvalue weighted by molar-refractivity contribution is -0.00563. The molecule has 0 aromatic heterocycles. The third kappa shape index (κ3) is 4.18. The van der Waals surface area contributed by atoms with Crippen LogP contribution >= 0.6 is 0 Å². The molecule has 0 radical (unpaired) electrons. The molecular weight excluding hydrogens is 206 g/mol. The van der Waals surface area contributed by atoms with Crippen molar-refractivity contribution in [3.05, 3.63) is 29.8 Å². The summed E-state index contributed by atoms with van der Waals surface area (Å²) in [6.07, 6.45) is -0.0490. The molecule has 0 fully saturated rings. The van der Waals surface area contributed by atoms with Gasteiger partial charge in [-0.15, -0.1) is 0 Å². The summed E-state index contributed by atoms with van der Waals surface area (Å²) < 4.78 is 15.7. The number of nitrogens with two attached hydrogens (primary N) is 1. The largest absolute Gasteiger partial charge is 0.497 e. The van der Waals surface area contributed by atoms with Gasteiger partial charge >= 0.3 is 0 Å². The van der Waals surface area contributed by atoms with Gasteiger partial charge in [0.2, 0.25) is 0 Å². The lowest BCUT2D eigenvalue weighted by Crippen LogP contribution is -2.28. The Bertz CT molecular complexity index is 287. The smallest absolute Gasteiger partial charge is 0.118 e. The van der Waals surface area contributed by atoms with Crippen LogP contribution in [0.1, 0.15) is 5.56 Å². The fraction of sp³-hybridized carbons (Fsp3) is 0.500. The molecule has 2 N–H and O–H groups in total. The molecule has 4 nitrogen and oxygen atoms in total. The summed E-state index contributed by atoms with van der Waals surface area (Å²) in [7, 11) is 3.29. The Morgan fingerprint density at radius 1 is 1.19 bits per heavy atom. The normalized spacial score (nSPS) is 12.4. The van der Waals surface area contributed by atoms with Crippen molar-refractivity contribution < 1.29 is 14.2 Å². The zero-order valence-electron chi connectivity index (χ0n) is 9.81. The van der Waals surface area contributed by atoms with E-state index in [0.717, 1.165) is 11.3 Å². The summed E-state index contributed by atoms with van der Waals surface area (Å²) in [5, 5.41) is 0. The molecule has 1 unspecified atom stereocenters. The number of benzene rings is 1. The van der Waals surface area contributed by atoms with Gasteiger partial charge in [-0.2, -0.15) is 0 Å². The second kappa shape index (κ2) is 7.22. The van der Waals surface area contributed by atoms with Gasteiger partial charge < -0.3 is 19.9 Å². The molecule has 1 aromatic rings. The van der Waals surface area contributed by atoms with E-state index >= 15 is 0 Å². The van der Waals surface area contributed by atoms with Gasteiger partial charge in [-0.05, 0) is 17.7 Å². The van der Waals surface area contributed by atoms with Crippen LogP contribution in [0.3, 0.4) is 0 Å². The van der Waals surface area contributed by atoms with Crippen LogP contribution in [0, 0.1) is 0 Å². The topological polar surface area (TPSA) is 53.7 Å². The predicted molar refractivity (Wildman–Crippen MR) is 62.5 cm³/mol. The van der Waals surface area contributed by atoms with Crippen molar-refractivity contribution in [1.29, 1.82) is 0 Å². The van der Waals surface area contributed by atoms with E-state index in [1.54, 1.807) is 14.2 Å². The molecule has 90 valence electrons. The molecule has 0 amide bonds. The van der Waals surface area contributed by atoms with Crippen LogP contribution in [0.25, 0.3) is 0 Å². The quantitative estimate of drug-likeness (QED) is 0.757. The highest BCUT2D eigenvalue weighted by Gasteiger charge is 2.06. The third-order valence-electron chi connectivity index (χ3n) is 2.26. The van der Waals surface area contributed by atoms with Crippen LogP contribution in [-0.2, 0) is 16.1 Å². The summed E-state index contributed by atoms with van der Waals surface area (Å²) >= 11 is 0. The maximum Gasteiger partial charge on any atom is 0.118 e. The van der Waals surface area contributed by atoms with Gasteiger partial charge in [0.05, 0.1) is 26.4 Å². The van der Waals surface area contributed by atoms with Gasteiger partial charge in [0.1, 0.15) is 5.75 Å². The van der Waals surface area contributed by atoms with Crippen molar-refractivity contribution in [2.45, 2.75) is 12.7 Å². The third-order valence-corrected chi connectivity index (χ3v) is 2.26. The van der Waals surface area contributed by atoms with Gasteiger partial charge in [-0.25, -0.2) is 0 Å². The van der Waals surface area contributed by atoms with Gasteiger partial charge in [-0.1, -0.05) is 12.1 Å². The highest BCUT2D eigenvalue weighted by atomic mass is 16.5. The molecule has 1 aromatic carbocycles. The highest BCUT2D eigenvalue weighted by Crippen LogP contribution is 2.12. The standard InChI is InChI=1S/C12H19NO3/c1-14-9-12(7-13)16-8-10-3-5-11(15-2)6-4-10/h3-6,12H,7-9,13H2,1-2H3. The number of rotatable bonds is 7. The molecule has 0 saturated carbocycles. The van der Waals surface area contributed by atoms with Crippen molar-refractivity contribution in [1.82, 2.24) is 0 Å². The Morgan fingerprint density at radius 3 is 2.38 bits per heavy atom. The lowest BCUT2D eigenvalue weighted by Gasteiger charge is -2.14. The summed E-state index contributed by atoms with van der Waals surface area (Å²) in [5.41, 5.74) is 6.64. The van der Waals surface area contributed by atoms with Gasteiger partial charge in [0.25, 0.3) is 0 Å². The van der Waals surface area contributed by atoms with Crippen molar-refractivity contribution in [2.75, 3.05) is 27.4 Å². The van der Waals surface area contributed by atoms with E-state index < -0.39 is 0 Å².